The lowest BCUT2D eigenvalue weighted by Crippen LogP contribution is -2.32. The van der Waals surface area contributed by atoms with E-state index >= 15 is 0 Å². The smallest absolute Gasteiger partial charge is 0.275 e. The van der Waals surface area contributed by atoms with Crippen molar-refractivity contribution in [2.75, 3.05) is 18.4 Å². The highest BCUT2D eigenvalue weighted by Crippen LogP contribution is 2.19. The average molecular weight is 417 g/mol. The Kier molecular flexibility index (Phi) is 5.48. The van der Waals surface area contributed by atoms with E-state index in [9.17, 15) is 9.59 Å². The molecular weight excluding hydrogens is 394 g/mol. The van der Waals surface area contributed by atoms with Crippen molar-refractivity contribution in [2.24, 2.45) is 7.05 Å². The van der Waals surface area contributed by atoms with Gasteiger partial charge in [0.05, 0.1) is 17.5 Å². The van der Waals surface area contributed by atoms with Crippen molar-refractivity contribution >= 4 is 23.4 Å². The Labute approximate surface area is 179 Å². The van der Waals surface area contributed by atoms with E-state index in [1.165, 1.54) is 10.9 Å². The maximum absolute atomic E-state index is 13.0. The number of fused-ring (bicyclic) bond motifs is 1. The Balaban J connectivity index is 1.61. The molecule has 1 aromatic carbocycles. The van der Waals surface area contributed by atoms with Crippen LogP contribution in [0.1, 0.15) is 34.7 Å². The molecule has 3 heterocycles. The number of hydrogen-bond acceptors (Lipinski definition) is 5. The molecule has 0 aliphatic heterocycles. The number of imidazole rings is 1. The fraction of sp³-hybridized carbons (Fsp3) is 0.227. The lowest BCUT2D eigenvalue weighted by atomic mass is 10.2. The second-order valence-corrected chi connectivity index (χ2v) is 6.97. The lowest BCUT2D eigenvalue weighted by Gasteiger charge is -2.18. The highest BCUT2D eigenvalue weighted by atomic mass is 16.2. The Morgan fingerprint density at radius 2 is 1.81 bits per heavy atom. The Morgan fingerprint density at radius 1 is 1.06 bits per heavy atom. The summed E-state index contributed by atoms with van der Waals surface area (Å²) in [6.07, 6.45) is 5.08. The van der Waals surface area contributed by atoms with Gasteiger partial charge in [-0.2, -0.15) is 10.1 Å². The summed E-state index contributed by atoms with van der Waals surface area (Å²) >= 11 is 0. The van der Waals surface area contributed by atoms with Crippen molar-refractivity contribution in [2.45, 2.75) is 13.8 Å². The van der Waals surface area contributed by atoms with E-state index in [0.29, 0.717) is 24.7 Å². The van der Waals surface area contributed by atoms with Crippen molar-refractivity contribution < 1.29 is 9.59 Å². The van der Waals surface area contributed by atoms with E-state index in [1.807, 2.05) is 50.4 Å². The summed E-state index contributed by atoms with van der Waals surface area (Å²) < 4.78 is 3.19. The summed E-state index contributed by atoms with van der Waals surface area (Å²) in [6.45, 7) is 4.88. The molecule has 0 saturated heterocycles. The van der Waals surface area contributed by atoms with Gasteiger partial charge in [-0.25, -0.2) is 4.98 Å². The van der Waals surface area contributed by atoms with Crippen LogP contribution in [0.3, 0.4) is 0 Å². The van der Waals surface area contributed by atoms with Gasteiger partial charge in [0.15, 0.2) is 0 Å². The van der Waals surface area contributed by atoms with Crippen molar-refractivity contribution in [3.05, 3.63) is 66.2 Å². The molecule has 31 heavy (non-hydrogen) atoms. The van der Waals surface area contributed by atoms with Crippen molar-refractivity contribution in [1.29, 1.82) is 0 Å². The van der Waals surface area contributed by atoms with Crippen LogP contribution in [0.2, 0.25) is 0 Å². The third-order valence-corrected chi connectivity index (χ3v) is 5.07. The van der Waals surface area contributed by atoms with Crippen LogP contribution in [0, 0.1) is 0 Å². The first-order chi connectivity index (χ1) is 15.0. The molecular formula is C22H23N7O2. The van der Waals surface area contributed by atoms with Crippen molar-refractivity contribution in [3.8, 4) is 11.3 Å². The molecule has 4 aromatic rings. The number of carbonyl (C=O) groups is 2. The minimum Gasteiger partial charge on any atom is -0.339 e. The van der Waals surface area contributed by atoms with Gasteiger partial charge in [0.1, 0.15) is 11.5 Å². The molecule has 158 valence electrons. The molecule has 0 saturated carbocycles. The number of benzene rings is 1. The van der Waals surface area contributed by atoms with Crippen molar-refractivity contribution in [1.82, 2.24) is 29.0 Å². The maximum Gasteiger partial charge on any atom is 0.275 e. The highest BCUT2D eigenvalue weighted by Gasteiger charge is 2.25. The van der Waals surface area contributed by atoms with Crippen LogP contribution in [0.4, 0.5) is 5.82 Å². The first-order valence-corrected chi connectivity index (χ1v) is 10.1. The second kappa shape index (κ2) is 8.39. The molecule has 0 unspecified atom stereocenters. The predicted molar refractivity (Wildman–Crippen MR) is 117 cm³/mol. The molecule has 9 nitrogen and oxygen atoms in total. The normalized spacial score (nSPS) is 10.9. The SMILES string of the molecule is CCN(CC)C(=O)c1cnn(C)c1C(=O)Nc1ccn2cc(-c3ccccc3)nc2n1. The summed E-state index contributed by atoms with van der Waals surface area (Å²) in [5.74, 6) is 0.112. The summed E-state index contributed by atoms with van der Waals surface area (Å²) in [6, 6.07) is 11.5. The zero-order chi connectivity index (χ0) is 22.0. The van der Waals surface area contributed by atoms with Crippen LogP contribution in [0.25, 0.3) is 17.0 Å². The van der Waals surface area contributed by atoms with E-state index in [4.69, 9.17) is 0 Å². The van der Waals surface area contributed by atoms with Crippen molar-refractivity contribution in [3.63, 3.8) is 0 Å². The van der Waals surface area contributed by atoms with E-state index in [1.54, 1.807) is 28.6 Å². The number of rotatable bonds is 6. The fourth-order valence-corrected chi connectivity index (χ4v) is 3.41. The third-order valence-electron chi connectivity index (χ3n) is 5.07. The Hall–Kier alpha value is -4.01. The molecule has 1 N–H and O–H groups in total. The number of amides is 2. The van der Waals surface area contributed by atoms with Crippen LogP contribution < -0.4 is 5.32 Å². The van der Waals surface area contributed by atoms with E-state index < -0.39 is 5.91 Å². The largest absolute Gasteiger partial charge is 0.339 e. The predicted octanol–water partition coefficient (Wildman–Crippen LogP) is 2.86. The number of aromatic nitrogens is 5. The summed E-state index contributed by atoms with van der Waals surface area (Å²) in [4.78, 5) is 36.4. The molecule has 9 heteroatoms. The lowest BCUT2D eigenvalue weighted by molar-refractivity contribution is 0.0767. The molecule has 2 amide bonds. The van der Waals surface area contributed by atoms with Crippen LogP contribution in [0.15, 0.2) is 55.0 Å². The molecule has 0 spiro atoms. The molecule has 0 atom stereocenters. The Bertz CT molecular complexity index is 1240. The standard InChI is InChI=1S/C22H23N7O2/c1-4-28(5-2)21(31)16-13-23-27(3)19(16)20(30)25-18-11-12-29-14-17(24-22(29)26-18)15-9-7-6-8-10-15/h6-14H,4-5H2,1-3H3,(H,24,25,26,30). The molecule has 3 aromatic heterocycles. The summed E-state index contributed by atoms with van der Waals surface area (Å²) in [5.41, 5.74) is 2.21. The topological polar surface area (TPSA) is 97.4 Å². The van der Waals surface area contributed by atoms with Gasteiger partial charge in [-0.1, -0.05) is 30.3 Å². The minimum absolute atomic E-state index is 0.187. The fourth-order valence-electron chi connectivity index (χ4n) is 3.41. The first-order valence-electron chi connectivity index (χ1n) is 10.1. The molecule has 0 aliphatic carbocycles. The summed E-state index contributed by atoms with van der Waals surface area (Å²) in [7, 11) is 1.63. The molecule has 4 rings (SSSR count). The minimum atomic E-state index is -0.456. The van der Waals surface area contributed by atoms with Gasteiger partial charge in [0.2, 0.25) is 5.78 Å². The molecule has 0 aliphatic rings. The van der Waals surface area contributed by atoms with Gasteiger partial charge in [-0.05, 0) is 19.9 Å². The average Bonchev–Trinajstić information content (AvgIpc) is 3.38. The van der Waals surface area contributed by atoms with Gasteiger partial charge in [0.25, 0.3) is 11.8 Å². The van der Waals surface area contributed by atoms with Gasteiger partial charge < -0.3 is 10.2 Å². The zero-order valence-electron chi connectivity index (χ0n) is 17.6. The monoisotopic (exact) mass is 417 g/mol. The van der Waals surface area contributed by atoms with Gasteiger partial charge in [-0.15, -0.1) is 0 Å². The van der Waals surface area contributed by atoms with Gasteiger partial charge in [0, 0.05) is 38.1 Å². The Morgan fingerprint density at radius 3 is 2.52 bits per heavy atom. The van der Waals surface area contributed by atoms with Crippen LogP contribution in [0.5, 0.6) is 0 Å². The van der Waals surface area contributed by atoms with Crippen LogP contribution >= 0.6 is 0 Å². The van der Waals surface area contributed by atoms with Gasteiger partial charge in [-0.3, -0.25) is 18.7 Å². The zero-order valence-corrected chi connectivity index (χ0v) is 17.6. The number of anilines is 1. The number of carbonyl (C=O) groups excluding carboxylic acids is 2. The first kappa shape index (κ1) is 20.3. The number of nitrogens with one attached hydrogen (secondary N) is 1. The van der Waals surface area contributed by atoms with Gasteiger partial charge >= 0.3 is 0 Å². The number of nitrogens with zero attached hydrogens (tertiary/aromatic N) is 6. The third kappa shape index (κ3) is 3.89. The molecule has 0 fully saturated rings. The maximum atomic E-state index is 13.0. The van der Waals surface area contributed by atoms with E-state index in [-0.39, 0.29) is 17.2 Å². The highest BCUT2D eigenvalue weighted by molar-refractivity contribution is 6.10. The van der Waals surface area contributed by atoms with Crippen LogP contribution in [-0.2, 0) is 7.05 Å². The van der Waals surface area contributed by atoms with E-state index in [2.05, 4.69) is 20.4 Å². The molecule has 0 bridgehead atoms. The number of aryl methyl sites for hydroxylation is 1. The van der Waals surface area contributed by atoms with E-state index in [0.717, 1.165) is 11.3 Å². The molecule has 0 radical (unpaired) electrons. The quantitative estimate of drug-likeness (QED) is 0.520. The number of hydrogen-bond donors (Lipinski definition) is 1. The second-order valence-electron chi connectivity index (χ2n) is 6.97. The van der Waals surface area contributed by atoms with Crippen LogP contribution in [-0.4, -0.2) is 54.0 Å². The summed E-state index contributed by atoms with van der Waals surface area (Å²) in [5, 5.41) is 6.87.